The van der Waals surface area contributed by atoms with Gasteiger partial charge in [0.2, 0.25) is 0 Å². The van der Waals surface area contributed by atoms with Crippen molar-refractivity contribution in [3.63, 3.8) is 0 Å². The van der Waals surface area contributed by atoms with E-state index in [4.69, 9.17) is 11.6 Å². The third kappa shape index (κ3) is 4.13. The van der Waals surface area contributed by atoms with Gasteiger partial charge in [0.15, 0.2) is 0 Å². The van der Waals surface area contributed by atoms with Crippen molar-refractivity contribution in [1.29, 1.82) is 0 Å². The molecule has 1 aromatic rings. The van der Waals surface area contributed by atoms with Crippen LogP contribution in [0.4, 0.5) is 13.2 Å². The highest BCUT2D eigenvalue weighted by Gasteiger charge is 2.30. The zero-order valence-corrected chi connectivity index (χ0v) is 12.2. The van der Waals surface area contributed by atoms with Crippen molar-refractivity contribution < 1.29 is 13.2 Å². The van der Waals surface area contributed by atoms with Gasteiger partial charge in [-0.05, 0) is 56.5 Å². The van der Waals surface area contributed by atoms with Crippen molar-refractivity contribution >= 4 is 11.6 Å². The Labute approximate surface area is 122 Å². The molecule has 0 aromatic heterocycles. The lowest BCUT2D eigenvalue weighted by atomic mass is 9.94. The highest BCUT2D eigenvalue weighted by Crippen LogP contribution is 2.29. The number of piperidine rings is 1. The van der Waals surface area contributed by atoms with Crippen molar-refractivity contribution in [3.8, 4) is 0 Å². The molecule has 20 heavy (non-hydrogen) atoms. The van der Waals surface area contributed by atoms with Gasteiger partial charge in [0.1, 0.15) is 0 Å². The van der Waals surface area contributed by atoms with Crippen molar-refractivity contribution in [2.75, 3.05) is 13.1 Å². The van der Waals surface area contributed by atoms with E-state index >= 15 is 0 Å². The van der Waals surface area contributed by atoms with Crippen LogP contribution < -0.4 is 0 Å². The molecule has 1 unspecified atom stereocenters. The first kappa shape index (κ1) is 15.6. The maximum atomic E-state index is 12.5. The lowest BCUT2D eigenvalue weighted by molar-refractivity contribution is -0.137. The Hall–Kier alpha value is -0.740. The van der Waals surface area contributed by atoms with Crippen LogP contribution in [0.5, 0.6) is 0 Å². The van der Waals surface area contributed by atoms with E-state index in [9.17, 15) is 13.2 Å². The van der Waals surface area contributed by atoms with E-state index in [1.165, 1.54) is 0 Å². The summed E-state index contributed by atoms with van der Waals surface area (Å²) >= 11 is 6.10. The largest absolute Gasteiger partial charge is 0.416 e. The molecule has 0 saturated carbocycles. The molecule has 0 amide bonds. The molecule has 2 rings (SSSR count). The second-order valence-corrected chi connectivity index (χ2v) is 6.17. The van der Waals surface area contributed by atoms with Crippen molar-refractivity contribution in [3.05, 3.63) is 35.4 Å². The summed E-state index contributed by atoms with van der Waals surface area (Å²) in [5.74, 6) is 0.556. The maximum absolute atomic E-state index is 12.5. The van der Waals surface area contributed by atoms with E-state index in [-0.39, 0.29) is 5.38 Å². The smallest absolute Gasteiger partial charge is 0.299 e. The monoisotopic (exact) mass is 305 g/mol. The Morgan fingerprint density at radius 2 is 1.75 bits per heavy atom. The zero-order valence-electron chi connectivity index (χ0n) is 11.5. The number of alkyl halides is 4. The Kier molecular flexibility index (Phi) is 4.97. The molecule has 0 bridgehead atoms. The van der Waals surface area contributed by atoms with E-state index < -0.39 is 11.7 Å². The number of hydrogen-bond donors (Lipinski definition) is 0. The number of hydrogen-bond acceptors (Lipinski definition) is 1. The molecule has 1 aliphatic rings. The summed E-state index contributed by atoms with van der Waals surface area (Å²) in [6.07, 6.45) is -2.13. The topological polar surface area (TPSA) is 3.24 Å². The summed E-state index contributed by atoms with van der Waals surface area (Å²) in [4.78, 5) is 2.28. The van der Waals surface area contributed by atoms with Gasteiger partial charge in [-0.1, -0.05) is 12.1 Å². The van der Waals surface area contributed by atoms with Crippen LogP contribution in [-0.2, 0) is 12.7 Å². The lowest BCUT2D eigenvalue weighted by Crippen LogP contribution is -2.35. The highest BCUT2D eigenvalue weighted by molar-refractivity contribution is 6.20. The Morgan fingerprint density at radius 3 is 2.20 bits per heavy atom. The Balaban J connectivity index is 1.89. The molecule has 0 N–H and O–H groups in total. The van der Waals surface area contributed by atoms with E-state index in [0.717, 1.165) is 43.6 Å². The van der Waals surface area contributed by atoms with Gasteiger partial charge in [-0.15, -0.1) is 11.6 Å². The minimum atomic E-state index is -4.26. The first-order chi connectivity index (χ1) is 9.36. The highest BCUT2D eigenvalue weighted by atomic mass is 35.5. The van der Waals surface area contributed by atoms with Crippen LogP contribution in [0.25, 0.3) is 0 Å². The van der Waals surface area contributed by atoms with Crippen LogP contribution in [0.2, 0.25) is 0 Å². The predicted molar refractivity (Wildman–Crippen MR) is 74.8 cm³/mol. The van der Waals surface area contributed by atoms with Gasteiger partial charge in [-0.2, -0.15) is 13.2 Å². The summed E-state index contributed by atoms with van der Waals surface area (Å²) in [7, 11) is 0. The van der Waals surface area contributed by atoms with E-state index in [1.807, 2.05) is 6.92 Å². The van der Waals surface area contributed by atoms with Crippen LogP contribution in [0.3, 0.4) is 0 Å². The SMILES string of the molecule is CC(Cl)C1CCN(Cc2ccc(C(F)(F)F)cc2)CC1. The third-order valence-electron chi connectivity index (χ3n) is 3.97. The second-order valence-electron chi connectivity index (χ2n) is 5.49. The average Bonchev–Trinajstić information content (AvgIpc) is 2.39. The van der Waals surface area contributed by atoms with Gasteiger partial charge in [0.25, 0.3) is 0 Å². The predicted octanol–water partition coefficient (Wildman–Crippen LogP) is 4.54. The molecule has 0 spiro atoms. The van der Waals surface area contributed by atoms with Crippen LogP contribution in [0, 0.1) is 5.92 Å². The summed E-state index contributed by atoms with van der Waals surface area (Å²) in [5.41, 5.74) is 0.339. The minimum Gasteiger partial charge on any atom is -0.299 e. The zero-order chi connectivity index (χ0) is 14.8. The fourth-order valence-corrected chi connectivity index (χ4v) is 2.88. The molecule has 1 saturated heterocycles. The lowest BCUT2D eigenvalue weighted by Gasteiger charge is -2.33. The van der Waals surface area contributed by atoms with Crippen molar-refractivity contribution in [2.24, 2.45) is 5.92 Å². The van der Waals surface area contributed by atoms with Gasteiger partial charge >= 0.3 is 6.18 Å². The van der Waals surface area contributed by atoms with E-state index in [2.05, 4.69) is 4.90 Å². The van der Waals surface area contributed by atoms with Crippen LogP contribution in [-0.4, -0.2) is 23.4 Å². The number of benzene rings is 1. The molecular formula is C15H19ClF3N. The second kappa shape index (κ2) is 6.35. The number of rotatable bonds is 3. The van der Waals surface area contributed by atoms with E-state index in [1.54, 1.807) is 12.1 Å². The fraction of sp³-hybridized carbons (Fsp3) is 0.600. The fourth-order valence-electron chi connectivity index (χ4n) is 2.63. The molecule has 0 radical (unpaired) electrons. The summed E-state index contributed by atoms with van der Waals surface area (Å²) in [6, 6.07) is 5.45. The summed E-state index contributed by atoms with van der Waals surface area (Å²) in [6.45, 7) is 4.66. The van der Waals surface area contributed by atoms with Crippen LogP contribution >= 0.6 is 11.6 Å². The molecular weight excluding hydrogens is 287 g/mol. The number of nitrogens with zero attached hydrogens (tertiary/aromatic N) is 1. The maximum Gasteiger partial charge on any atom is 0.416 e. The molecule has 0 aliphatic carbocycles. The summed E-state index contributed by atoms with van der Waals surface area (Å²) < 4.78 is 37.4. The van der Waals surface area contributed by atoms with E-state index in [0.29, 0.717) is 12.5 Å². The van der Waals surface area contributed by atoms with Gasteiger partial charge in [0, 0.05) is 11.9 Å². The molecule has 112 valence electrons. The normalized spacial score (nSPS) is 20.1. The molecule has 1 atom stereocenters. The molecule has 1 heterocycles. The van der Waals surface area contributed by atoms with Gasteiger partial charge < -0.3 is 0 Å². The third-order valence-corrected chi connectivity index (χ3v) is 4.33. The average molecular weight is 306 g/mol. The molecule has 1 nitrogen and oxygen atoms in total. The standard InChI is InChI=1S/C15H19ClF3N/c1-11(16)13-6-8-20(9-7-13)10-12-2-4-14(5-3-12)15(17,18)19/h2-5,11,13H,6-10H2,1H3. The molecule has 1 aliphatic heterocycles. The first-order valence-electron chi connectivity index (χ1n) is 6.89. The van der Waals surface area contributed by atoms with Gasteiger partial charge in [0.05, 0.1) is 5.56 Å². The van der Waals surface area contributed by atoms with Gasteiger partial charge in [-0.3, -0.25) is 4.90 Å². The quantitative estimate of drug-likeness (QED) is 0.741. The molecule has 1 fully saturated rings. The first-order valence-corrected chi connectivity index (χ1v) is 7.32. The number of halogens is 4. The Morgan fingerprint density at radius 1 is 1.20 bits per heavy atom. The summed E-state index contributed by atoms with van der Waals surface area (Å²) in [5, 5.41) is 0.197. The van der Waals surface area contributed by atoms with Crippen molar-refractivity contribution in [1.82, 2.24) is 4.90 Å². The van der Waals surface area contributed by atoms with Crippen LogP contribution in [0.15, 0.2) is 24.3 Å². The molecule has 1 aromatic carbocycles. The number of likely N-dealkylation sites (tertiary alicyclic amines) is 1. The van der Waals surface area contributed by atoms with Gasteiger partial charge in [-0.25, -0.2) is 0 Å². The Bertz CT molecular complexity index is 420. The minimum absolute atomic E-state index is 0.197. The van der Waals surface area contributed by atoms with Crippen molar-refractivity contribution in [2.45, 2.75) is 37.9 Å². The van der Waals surface area contributed by atoms with Crippen LogP contribution in [0.1, 0.15) is 30.9 Å². The molecule has 5 heteroatoms.